The Hall–Kier alpha value is 0.319. The van der Waals surface area contributed by atoms with Crippen LogP contribution in [0.5, 0.6) is 0 Å². The van der Waals surface area contributed by atoms with E-state index in [-0.39, 0.29) is 6.61 Å². The van der Waals surface area contributed by atoms with Gasteiger partial charge in [0.25, 0.3) is 0 Å². The van der Waals surface area contributed by atoms with Crippen molar-refractivity contribution in [2.24, 2.45) is 0 Å². The Balaban J connectivity index is 2.63. The molecule has 6 heteroatoms. The van der Waals surface area contributed by atoms with Gasteiger partial charge in [0.2, 0.25) is 0 Å². The third-order valence-electron chi connectivity index (χ3n) is 1.85. The van der Waals surface area contributed by atoms with E-state index in [1.54, 1.807) is 0 Å². The third kappa shape index (κ3) is 1.80. The second kappa shape index (κ2) is 4.02. The Morgan fingerprint density at radius 3 is 2.17 bits per heavy atom. The molecule has 0 unspecified atom stereocenters. The molecule has 1 rings (SSSR count). The summed E-state index contributed by atoms with van der Waals surface area (Å²) >= 11 is 2.49. The molecule has 0 aromatic carbocycles. The van der Waals surface area contributed by atoms with Gasteiger partial charge in [-0.2, -0.15) is 0 Å². The van der Waals surface area contributed by atoms with Crippen LogP contribution < -0.4 is 0 Å². The maximum absolute atomic E-state index is 9.22. The van der Waals surface area contributed by atoms with Gasteiger partial charge in [0, 0.05) is 0 Å². The minimum atomic E-state index is -1.28. The van der Waals surface area contributed by atoms with Crippen molar-refractivity contribution in [2.75, 3.05) is 6.61 Å². The van der Waals surface area contributed by atoms with Crippen LogP contribution in [0.25, 0.3) is 0 Å². The Labute approximate surface area is 77.8 Å². The number of hydrogen-bond acceptors (Lipinski definition) is 5. The van der Waals surface area contributed by atoms with Crippen molar-refractivity contribution in [1.29, 1.82) is 0 Å². The number of aliphatic hydroxyl groups excluding tert-OH is 4. The summed E-state index contributed by atoms with van der Waals surface area (Å²) in [7, 11) is 0. The van der Waals surface area contributed by atoms with E-state index in [9.17, 15) is 15.3 Å². The molecule has 0 bridgehead atoms. The second-order valence-corrected chi connectivity index (χ2v) is 3.67. The fourth-order valence-corrected chi connectivity index (χ4v) is 1.70. The number of hydrogen-bond donors (Lipinski definition) is 4. The average molecular weight is 242 g/mol. The van der Waals surface area contributed by atoms with Crippen LogP contribution >= 0.6 is 0 Å². The summed E-state index contributed by atoms with van der Waals surface area (Å²) in [4.78, 5) is 0. The predicted molar refractivity (Wildman–Crippen MR) is 39.5 cm³/mol. The van der Waals surface area contributed by atoms with Gasteiger partial charge < -0.3 is 0 Å². The number of rotatable bonds is 1. The molecule has 1 aliphatic rings. The molecule has 5 nitrogen and oxygen atoms in total. The standard InChI is InChI=1S/C6H12O5Se/c7-1-2-3(8)4(9)5(10)6(12)11-2/h2-10,12H,1H2/p-1/t2-,3-,4+,5-,6+/m1/s1. The molecule has 1 heterocycles. The summed E-state index contributed by atoms with van der Waals surface area (Å²) in [5, 5.41) is 35.6. The van der Waals surface area contributed by atoms with Gasteiger partial charge in [-0.1, -0.05) is 0 Å². The van der Waals surface area contributed by atoms with Crippen LogP contribution in [0.1, 0.15) is 0 Å². The molecule has 72 valence electrons. The summed E-state index contributed by atoms with van der Waals surface area (Å²) in [6, 6.07) is 0. The molecule has 4 N–H and O–H groups in total. The Morgan fingerprint density at radius 1 is 1.08 bits per heavy atom. The van der Waals surface area contributed by atoms with Gasteiger partial charge in [0.1, 0.15) is 0 Å². The molecule has 0 aromatic rings. The molecule has 0 aromatic heterocycles. The quantitative estimate of drug-likeness (QED) is 0.367. The summed E-state index contributed by atoms with van der Waals surface area (Å²) in [6.07, 6.45) is -4.51. The molecule has 1 saturated heterocycles. The normalized spacial score (nSPS) is 49.2. The summed E-state index contributed by atoms with van der Waals surface area (Å²) in [5.74, 6) is 0. The van der Waals surface area contributed by atoms with Gasteiger partial charge in [-0.15, -0.1) is 0 Å². The monoisotopic (exact) mass is 243 g/mol. The molecule has 0 aliphatic carbocycles. The topological polar surface area (TPSA) is 90.2 Å². The molecule has 0 radical (unpaired) electrons. The molecule has 1 fully saturated rings. The average Bonchev–Trinajstić information content (AvgIpc) is 2.08. The predicted octanol–water partition coefficient (Wildman–Crippen LogP) is -3.05. The molecule has 12 heavy (non-hydrogen) atoms. The van der Waals surface area contributed by atoms with Crippen molar-refractivity contribution >= 4 is 16.0 Å². The molecule has 0 amide bonds. The van der Waals surface area contributed by atoms with Crippen LogP contribution in [0, 0.1) is 0 Å². The zero-order valence-electron chi connectivity index (χ0n) is 6.20. The first-order chi connectivity index (χ1) is 5.57. The zero-order valence-corrected chi connectivity index (χ0v) is 7.91. The van der Waals surface area contributed by atoms with E-state index < -0.39 is 29.4 Å². The van der Waals surface area contributed by atoms with E-state index in [2.05, 4.69) is 16.0 Å². The summed E-state index contributed by atoms with van der Waals surface area (Å²) < 4.78 is 4.96. The maximum atomic E-state index is 9.22. The van der Waals surface area contributed by atoms with E-state index in [1.165, 1.54) is 0 Å². The molecule has 0 saturated carbocycles. The van der Waals surface area contributed by atoms with Crippen LogP contribution in [0.2, 0.25) is 0 Å². The first-order valence-electron chi connectivity index (χ1n) is 3.54. The van der Waals surface area contributed by atoms with Crippen molar-refractivity contribution in [2.45, 2.75) is 29.4 Å². The van der Waals surface area contributed by atoms with Crippen LogP contribution in [0.3, 0.4) is 0 Å². The SMILES string of the molecule is OC[C@H]1O[C@@H]([Se-])[C@H](O)[C@@H](O)[C@@H]1O. The van der Waals surface area contributed by atoms with Crippen LogP contribution in [-0.4, -0.2) is 72.5 Å². The Kier molecular flexibility index (Phi) is 3.48. The molecule has 0 spiro atoms. The van der Waals surface area contributed by atoms with Gasteiger partial charge in [0.05, 0.1) is 0 Å². The number of ether oxygens (including phenoxy) is 1. The fourth-order valence-electron chi connectivity index (χ4n) is 1.07. The van der Waals surface area contributed by atoms with Crippen LogP contribution in [-0.2, 0) is 4.74 Å². The van der Waals surface area contributed by atoms with E-state index in [4.69, 9.17) is 9.84 Å². The molecular formula is C6H11O5Se-. The van der Waals surface area contributed by atoms with Gasteiger partial charge >= 0.3 is 77.2 Å². The van der Waals surface area contributed by atoms with E-state index in [0.29, 0.717) is 0 Å². The van der Waals surface area contributed by atoms with E-state index in [0.717, 1.165) is 0 Å². The number of aliphatic hydroxyl groups is 4. The Morgan fingerprint density at radius 2 is 1.67 bits per heavy atom. The fraction of sp³-hybridized carbons (Fsp3) is 1.00. The van der Waals surface area contributed by atoms with Crippen molar-refractivity contribution in [3.63, 3.8) is 0 Å². The van der Waals surface area contributed by atoms with Crippen molar-refractivity contribution in [3.8, 4) is 0 Å². The molecule has 1 aliphatic heterocycles. The summed E-state index contributed by atoms with van der Waals surface area (Å²) in [5.41, 5.74) is 0. The van der Waals surface area contributed by atoms with Gasteiger partial charge in [-0.05, 0) is 0 Å². The minimum absolute atomic E-state index is 0.386. The second-order valence-electron chi connectivity index (χ2n) is 2.70. The van der Waals surface area contributed by atoms with Crippen molar-refractivity contribution < 1.29 is 25.2 Å². The summed E-state index contributed by atoms with van der Waals surface area (Å²) in [6.45, 7) is -0.386. The van der Waals surface area contributed by atoms with Gasteiger partial charge in [0.15, 0.2) is 0 Å². The van der Waals surface area contributed by atoms with E-state index >= 15 is 0 Å². The van der Waals surface area contributed by atoms with Crippen LogP contribution in [0.4, 0.5) is 0 Å². The molecule has 5 atom stereocenters. The van der Waals surface area contributed by atoms with Crippen molar-refractivity contribution in [3.05, 3.63) is 0 Å². The van der Waals surface area contributed by atoms with Crippen molar-refractivity contribution in [1.82, 2.24) is 0 Å². The first-order valence-corrected chi connectivity index (χ1v) is 4.53. The third-order valence-corrected chi connectivity index (χ3v) is 2.67. The van der Waals surface area contributed by atoms with Gasteiger partial charge in [-0.3, -0.25) is 0 Å². The Bertz CT molecular complexity index is 150. The van der Waals surface area contributed by atoms with E-state index in [1.807, 2.05) is 0 Å². The molecular weight excluding hydrogens is 231 g/mol. The van der Waals surface area contributed by atoms with Crippen LogP contribution in [0.15, 0.2) is 0 Å². The first kappa shape index (κ1) is 10.4. The zero-order chi connectivity index (χ0) is 9.30. The van der Waals surface area contributed by atoms with Gasteiger partial charge in [-0.25, -0.2) is 0 Å².